The number of aryl methyl sites for hydroxylation is 1. The first kappa shape index (κ1) is 17.5. The maximum atomic E-state index is 13.2. The number of cyclic esters (lactones) is 2. The van der Waals surface area contributed by atoms with Crippen molar-refractivity contribution in [3.63, 3.8) is 0 Å². The van der Waals surface area contributed by atoms with Gasteiger partial charge < -0.3 is 14.4 Å². The van der Waals surface area contributed by atoms with Crippen LogP contribution in [-0.2, 0) is 25.5 Å². The van der Waals surface area contributed by atoms with E-state index in [1.165, 1.54) is 0 Å². The van der Waals surface area contributed by atoms with Crippen molar-refractivity contribution in [3.8, 4) is 0 Å². The zero-order valence-electron chi connectivity index (χ0n) is 16.4. The zero-order valence-corrected chi connectivity index (χ0v) is 16.4. The fraction of sp³-hybridized carbons (Fsp3) is 0.500. The summed E-state index contributed by atoms with van der Waals surface area (Å²) in [7, 11) is 0. The van der Waals surface area contributed by atoms with Gasteiger partial charge in [-0.3, -0.25) is 9.59 Å². The summed E-state index contributed by atoms with van der Waals surface area (Å²) in [6.45, 7) is 6.01. The maximum absolute atomic E-state index is 13.2. The molecule has 1 spiro atoms. The van der Waals surface area contributed by atoms with Crippen LogP contribution in [0, 0.1) is 12.3 Å². The minimum Gasteiger partial charge on any atom is -0.422 e. The van der Waals surface area contributed by atoms with Gasteiger partial charge in [-0.25, -0.2) is 4.98 Å². The first-order chi connectivity index (χ1) is 13.3. The van der Waals surface area contributed by atoms with Crippen molar-refractivity contribution in [2.45, 2.75) is 58.3 Å². The van der Waals surface area contributed by atoms with Crippen molar-refractivity contribution in [1.82, 2.24) is 4.98 Å². The molecule has 28 heavy (non-hydrogen) atoms. The summed E-state index contributed by atoms with van der Waals surface area (Å²) in [6.07, 6.45) is 3.00. The van der Waals surface area contributed by atoms with Crippen LogP contribution in [0.3, 0.4) is 0 Å². The molecule has 1 unspecified atom stereocenters. The molecule has 0 saturated carbocycles. The molecule has 6 nitrogen and oxygen atoms in total. The standard InChI is InChI=1S/C22H24N2O4/c1-13-7-8-16-14(10-13)11-15-12-22(19(25)27-21(2,3)28-20(22)26)17-6-4-5-9-24(17)18(15)23-16/h7-8,10-11,17H,4-6,9,12H2,1-3H3. The van der Waals surface area contributed by atoms with Crippen LogP contribution in [0.5, 0.6) is 0 Å². The molecule has 4 heterocycles. The average Bonchev–Trinajstić information content (AvgIpc) is 2.64. The summed E-state index contributed by atoms with van der Waals surface area (Å²) in [5.41, 5.74) is 1.67. The normalized spacial score (nSPS) is 25.1. The van der Waals surface area contributed by atoms with E-state index in [0.29, 0.717) is 0 Å². The van der Waals surface area contributed by atoms with Crippen LogP contribution in [0.4, 0.5) is 5.82 Å². The predicted octanol–water partition coefficient (Wildman–Crippen LogP) is 3.28. The van der Waals surface area contributed by atoms with Gasteiger partial charge in [-0.1, -0.05) is 11.6 Å². The van der Waals surface area contributed by atoms with Gasteiger partial charge in [0.05, 0.1) is 11.6 Å². The number of fused-ring (bicyclic) bond motifs is 5. The smallest absolute Gasteiger partial charge is 0.329 e. The van der Waals surface area contributed by atoms with Crippen molar-refractivity contribution in [2.75, 3.05) is 11.4 Å². The minimum atomic E-state index is -1.32. The van der Waals surface area contributed by atoms with Gasteiger partial charge in [0.1, 0.15) is 5.82 Å². The van der Waals surface area contributed by atoms with Crippen molar-refractivity contribution in [2.24, 2.45) is 5.41 Å². The molecule has 3 aliphatic rings. The van der Waals surface area contributed by atoms with Crippen LogP contribution in [0.25, 0.3) is 10.9 Å². The quantitative estimate of drug-likeness (QED) is 0.516. The van der Waals surface area contributed by atoms with E-state index in [1.54, 1.807) is 13.8 Å². The van der Waals surface area contributed by atoms with E-state index >= 15 is 0 Å². The van der Waals surface area contributed by atoms with Crippen molar-refractivity contribution < 1.29 is 19.1 Å². The monoisotopic (exact) mass is 380 g/mol. The van der Waals surface area contributed by atoms with E-state index in [-0.39, 0.29) is 12.5 Å². The largest absolute Gasteiger partial charge is 0.422 e. The van der Waals surface area contributed by atoms with Gasteiger partial charge in [0.15, 0.2) is 5.41 Å². The van der Waals surface area contributed by atoms with Crippen molar-refractivity contribution in [1.29, 1.82) is 0 Å². The van der Waals surface area contributed by atoms with E-state index < -0.39 is 23.1 Å². The van der Waals surface area contributed by atoms with Gasteiger partial charge in [-0.15, -0.1) is 0 Å². The molecule has 0 radical (unpaired) electrons. The number of carbonyl (C=O) groups is 2. The lowest BCUT2D eigenvalue weighted by Gasteiger charge is -2.52. The number of pyridine rings is 1. The minimum absolute atomic E-state index is 0.272. The lowest BCUT2D eigenvalue weighted by molar-refractivity contribution is -0.253. The Labute approximate surface area is 163 Å². The molecule has 6 heteroatoms. The van der Waals surface area contributed by atoms with Crippen molar-refractivity contribution in [3.05, 3.63) is 35.4 Å². The second kappa shape index (κ2) is 5.69. The van der Waals surface area contributed by atoms with Crippen LogP contribution in [0.1, 0.15) is 44.2 Å². The summed E-state index contributed by atoms with van der Waals surface area (Å²) in [4.78, 5) is 33.5. The Kier molecular flexibility index (Phi) is 3.55. The Balaban J connectivity index is 1.70. The SMILES string of the molecule is Cc1ccc2nc3c(cc2c1)CC1(C(=O)OC(C)(C)OC1=O)C1CCCCN31. The third-order valence-electron chi connectivity index (χ3n) is 6.24. The first-order valence-corrected chi connectivity index (χ1v) is 9.94. The van der Waals surface area contributed by atoms with Crippen LogP contribution < -0.4 is 4.90 Å². The Hall–Kier alpha value is -2.63. The van der Waals surface area contributed by atoms with Crippen LogP contribution in [-0.4, -0.2) is 35.3 Å². The summed E-state index contributed by atoms with van der Waals surface area (Å²) >= 11 is 0. The molecule has 0 N–H and O–H groups in total. The topological polar surface area (TPSA) is 68.7 Å². The van der Waals surface area contributed by atoms with Gasteiger partial charge in [-0.05, 0) is 49.9 Å². The van der Waals surface area contributed by atoms with Crippen molar-refractivity contribution >= 4 is 28.7 Å². The summed E-state index contributed by atoms with van der Waals surface area (Å²) in [5, 5.41) is 1.02. The number of esters is 2. The lowest BCUT2D eigenvalue weighted by atomic mass is 9.68. The molecule has 5 rings (SSSR count). The Morgan fingerprint density at radius 1 is 1.11 bits per heavy atom. The second-order valence-electron chi connectivity index (χ2n) is 8.70. The van der Waals surface area contributed by atoms with Gasteiger partial charge in [0.2, 0.25) is 0 Å². The number of hydrogen-bond acceptors (Lipinski definition) is 6. The Bertz CT molecular complexity index is 993. The lowest BCUT2D eigenvalue weighted by Crippen LogP contribution is -2.67. The number of rotatable bonds is 0. The average molecular weight is 380 g/mol. The molecule has 1 aromatic heterocycles. The molecule has 146 valence electrons. The third-order valence-corrected chi connectivity index (χ3v) is 6.24. The number of ether oxygens (including phenoxy) is 2. The number of piperidine rings is 1. The molecule has 0 bridgehead atoms. The maximum Gasteiger partial charge on any atom is 0.329 e. The molecule has 2 fully saturated rings. The highest BCUT2D eigenvalue weighted by Gasteiger charge is 2.64. The number of hydrogen-bond donors (Lipinski definition) is 0. The molecule has 1 atom stereocenters. The fourth-order valence-corrected chi connectivity index (χ4v) is 4.97. The van der Waals surface area contributed by atoms with Gasteiger partial charge >= 0.3 is 11.9 Å². The number of nitrogens with zero attached hydrogens (tertiary/aromatic N) is 2. The number of anilines is 1. The Morgan fingerprint density at radius 2 is 1.86 bits per heavy atom. The molecule has 3 aliphatic heterocycles. The molecule has 1 aromatic carbocycles. The number of benzene rings is 1. The van der Waals surface area contributed by atoms with Gasteiger partial charge in [0.25, 0.3) is 5.79 Å². The zero-order chi connectivity index (χ0) is 19.7. The molecular formula is C22H24N2O4. The fourth-order valence-electron chi connectivity index (χ4n) is 4.97. The third kappa shape index (κ3) is 2.36. The van der Waals surface area contributed by atoms with E-state index in [0.717, 1.165) is 53.7 Å². The van der Waals surface area contributed by atoms with E-state index in [9.17, 15) is 9.59 Å². The predicted molar refractivity (Wildman–Crippen MR) is 104 cm³/mol. The van der Waals surface area contributed by atoms with E-state index in [1.807, 2.05) is 13.0 Å². The summed E-state index contributed by atoms with van der Waals surface area (Å²) in [6, 6.07) is 7.95. The van der Waals surface area contributed by atoms with Gasteiger partial charge in [0, 0.05) is 32.2 Å². The molecular weight excluding hydrogens is 356 g/mol. The highest BCUT2D eigenvalue weighted by Crippen LogP contribution is 2.49. The molecule has 0 amide bonds. The number of aromatic nitrogens is 1. The summed E-state index contributed by atoms with van der Waals surface area (Å²) in [5.74, 6) is -1.28. The van der Waals surface area contributed by atoms with Crippen LogP contribution in [0.2, 0.25) is 0 Å². The second-order valence-corrected chi connectivity index (χ2v) is 8.70. The van der Waals surface area contributed by atoms with Gasteiger partial charge in [-0.2, -0.15) is 0 Å². The number of carbonyl (C=O) groups excluding carboxylic acids is 2. The summed E-state index contributed by atoms with van der Waals surface area (Å²) < 4.78 is 11.2. The Morgan fingerprint density at radius 3 is 2.61 bits per heavy atom. The van der Waals surface area contributed by atoms with E-state index in [2.05, 4.69) is 23.1 Å². The molecule has 0 aliphatic carbocycles. The molecule has 2 saturated heterocycles. The highest BCUT2D eigenvalue weighted by molar-refractivity contribution is 6.04. The van der Waals surface area contributed by atoms with E-state index in [4.69, 9.17) is 14.5 Å². The molecule has 2 aromatic rings. The highest BCUT2D eigenvalue weighted by atomic mass is 16.7. The first-order valence-electron chi connectivity index (χ1n) is 9.94. The van der Waals surface area contributed by atoms with Crippen LogP contribution in [0.15, 0.2) is 24.3 Å². The van der Waals surface area contributed by atoms with Crippen LogP contribution >= 0.6 is 0 Å².